The Morgan fingerprint density at radius 1 is 1.25 bits per heavy atom. The highest BCUT2D eigenvalue weighted by Crippen LogP contribution is 2.34. The average molecular weight is 288 g/mol. The molecular formula is C13H15F3N2O2. The van der Waals surface area contributed by atoms with Crippen LogP contribution in [0.25, 0.3) is 0 Å². The van der Waals surface area contributed by atoms with E-state index in [1.807, 2.05) is 0 Å². The Morgan fingerprint density at radius 3 is 2.45 bits per heavy atom. The zero-order valence-electron chi connectivity index (χ0n) is 10.7. The molecule has 1 fully saturated rings. The molecule has 0 aromatic heterocycles. The lowest BCUT2D eigenvalue weighted by Gasteiger charge is -2.30. The van der Waals surface area contributed by atoms with Crippen LogP contribution in [0, 0.1) is 0 Å². The van der Waals surface area contributed by atoms with Crippen molar-refractivity contribution >= 4 is 11.7 Å². The molecule has 20 heavy (non-hydrogen) atoms. The third-order valence-corrected chi connectivity index (χ3v) is 3.23. The number of carbonyl (C=O) groups is 1. The first-order valence-electron chi connectivity index (χ1n) is 6.28. The molecule has 2 N–H and O–H groups in total. The summed E-state index contributed by atoms with van der Waals surface area (Å²) >= 11 is 0. The number of urea groups is 1. The number of carbonyl (C=O) groups excluding carboxylic acids is 1. The van der Waals surface area contributed by atoms with Gasteiger partial charge < -0.3 is 15.3 Å². The predicted octanol–water partition coefficient (Wildman–Crippen LogP) is 2.69. The van der Waals surface area contributed by atoms with Gasteiger partial charge in [-0.1, -0.05) is 12.1 Å². The van der Waals surface area contributed by atoms with Gasteiger partial charge in [0.25, 0.3) is 0 Å². The van der Waals surface area contributed by atoms with Gasteiger partial charge in [-0.2, -0.15) is 13.2 Å². The lowest BCUT2D eigenvalue weighted by molar-refractivity contribution is -0.136. The number of aliphatic hydroxyl groups excluding tert-OH is 1. The van der Waals surface area contributed by atoms with Gasteiger partial charge in [-0.25, -0.2) is 4.79 Å². The highest BCUT2D eigenvalue weighted by Gasteiger charge is 2.34. The second kappa shape index (κ2) is 5.70. The molecule has 1 saturated heterocycles. The van der Waals surface area contributed by atoms with E-state index in [1.54, 1.807) is 0 Å². The first kappa shape index (κ1) is 14.6. The zero-order chi connectivity index (χ0) is 14.8. The molecule has 0 atom stereocenters. The van der Waals surface area contributed by atoms with Crippen molar-refractivity contribution in [1.29, 1.82) is 0 Å². The van der Waals surface area contributed by atoms with Crippen molar-refractivity contribution < 1.29 is 23.1 Å². The van der Waals surface area contributed by atoms with Gasteiger partial charge in [0, 0.05) is 13.1 Å². The van der Waals surface area contributed by atoms with Crippen molar-refractivity contribution in [2.45, 2.75) is 25.1 Å². The van der Waals surface area contributed by atoms with E-state index in [-0.39, 0.29) is 5.69 Å². The Balaban J connectivity index is 2.08. The molecule has 0 spiro atoms. The number of likely N-dealkylation sites (tertiary alicyclic amines) is 1. The van der Waals surface area contributed by atoms with Crippen molar-refractivity contribution in [3.63, 3.8) is 0 Å². The van der Waals surface area contributed by atoms with Crippen LogP contribution in [0.4, 0.5) is 23.7 Å². The standard InChI is InChI=1S/C13H15F3N2O2/c14-13(15,16)10-3-1-2-4-11(10)17-12(20)18-7-5-9(19)6-8-18/h1-4,9,19H,5-8H2,(H,17,20). The van der Waals surface area contributed by atoms with Crippen molar-refractivity contribution in [3.8, 4) is 0 Å². The van der Waals surface area contributed by atoms with Crippen molar-refractivity contribution in [2.75, 3.05) is 18.4 Å². The molecule has 0 radical (unpaired) electrons. The highest BCUT2D eigenvalue weighted by molar-refractivity contribution is 5.90. The molecular weight excluding hydrogens is 273 g/mol. The lowest BCUT2D eigenvalue weighted by atomic mass is 10.1. The van der Waals surface area contributed by atoms with Crippen molar-refractivity contribution in [3.05, 3.63) is 29.8 Å². The number of halogens is 3. The second-order valence-corrected chi connectivity index (χ2v) is 4.69. The monoisotopic (exact) mass is 288 g/mol. The number of amides is 2. The Bertz CT molecular complexity index is 483. The molecule has 1 aromatic carbocycles. The maximum Gasteiger partial charge on any atom is 0.418 e. The van der Waals surface area contributed by atoms with E-state index < -0.39 is 23.9 Å². The third kappa shape index (κ3) is 3.41. The number of benzene rings is 1. The van der Waals surface area contributed by atoms with Crippen LogP contribution in [0.5, 0.6) is 0 Å². The Morgan fingerprint density at radius 2 is 1.85 bits per heavy atom. The minimum atomic E-state index is -4.51. The van der Waals surface area contributed by atoms with Crippen LogP contribution in [0.1, 0.15) is 18.4 Å². The topological polar surface area (TPSA) is 52.6 Å². The highest BCUT2D eigenvalue weighted by atomic mass is 19.4. The fourth-order valence-electron chi connectivity index (χ4n) is 2.10. The van der Waals surface area contributed by atoms with Crippen LogP contribution in [0.3, 0.4) is 0 Å². The normalized spacial score (nSPS) is 17.1. The van der Waals surface area contributed by atoms with E-state index in [9.17, 15) is 23.1 Å². The largest absolute Gasteiger partial charge is 0.418 e. The van der Waals surface area contributed by atoms with Gasteiger partial charge in [-0.05, 0) is 25.0 Å². The summed E-state index contributed by atoms with van der Waals surface area (Å²) in [5, 5.41) is 11.6. The molecule has 7 heteroatoms. The number of nitrogens with zero attached hydrogens (tertiary/aromatic N) is 1. The van der Waals surface area contributed by atoms with E-state index >= 15 is 0 Å². The average Bonchev–Trinajstić information content (AvgIpc) is 2.38. The molecule has 1 aliphatic rings. The van der Waals surface area contributed by atoms with Gasteiger partial charge in [0.05, 0.1) is 17.4 Å². The van der Waals surface area contributed by atoms with Gasteiger partial charge in [-0.15, -0.1) is 0 Å². The molecule has 2 amide bonds. The predicted molar refractivity (Wildman–Crippen MR) is 67.3 cm³/mol. The van der Waals surface area contributed by atoms with E-state index in [0.29, 0.717) is 25.9 Å². The van der Waals surface area contributed by atoms with Crippen LogP contribution >= 0.6 is 0 Å². The van der Waals surface area contributed by atoms with Gasteiger partial charge in [0.15, 0.2) is 0 Å². The second-order valence-electron chi connectivity index (χ2n) is 4.69. The van der Waals surface area contributed by atoms with Crippen molar-refractivity contribution in [1.82, 2.24) is 4.90 Å². The van der Waals surface area contributed by atoms with Gasteiger partial charge >= 0.3 is 12.2 Å². The molecule has 2 rings (SSSR count). The maximum atomic E-state index is 12.8. The van der Waals surface area contributed by atoms with Gasteiger partial charge in [0.2, 0.25) is 0 Å². The summed E-state index contributed by atoms with van der Waals surface area (Å²) in [5.41, 5.74) is -1.12. The molecule has 0 saturated carbocycles. The fraction of sp³-hybridized carbons (Fsp3) is 0.462. The van der Waals surface area contributed by atoms with Gasteiger partial charge in [-0.3, -0.25) is 0 Å². The molecule has 1 aliphatic heterocycles. The zero-order valence-corrected chi connectivity index (χ0v) is 10.7. The van der Waals surface area contributed by atoms with Crippen LogP contribution < -0.4 is 5.32 Å². The first-order chi connectivity index (χ1) is 9.38. The number of nitrogens with one attached hydrogen (secondary N) is 1. The van der Waals surface area contributed by atoms with Crippen molar-refractivity contribution in [2.24, 2.45) is 0 Å². The maximum absolute atomic E-state index is 12.8. The number of anilines is 1. The number of alkyl halides is 3. The van der Waals surface area contributed by atoms with Gasteiger partial charge in [0.1, 0.15) is 0 Å². The summed E-state index contributed by atoms with van der Waals surface area (Å²) in [7, 11) is 0. The minimum Gasteiger partial charge on any atom is -0.393 e. The van der Waals surface area contributed by atoms with Crippen LogP contribution in [-0.2, 0) is 6.18 Å². The number of hydrogen-bond donors (Lipinski definition) is 2. The quantitative estimate of drug-likeness (QED) is 0.834. The minimum absolute atomic E-state index is 0.254. The first-order valence-corrected chi connectivity index (χ1v) is 6.28. The Labute approximate surface area is 114 Å². The molecule has 4 nitrogen and oxygen atoms in total. The summed E-state index contributed by atoms with van der Waals surface area (Å²) in [6.07, 6.45) is -4.08. The molecule has 1 heterocycles. The number of aliphatic hydroxyl groups is 1. The Kier molecular flexibility index (Phi) is 4.17. The SMILES string of the molecule is O=C(Nc1ccccc1C(F)(F)F)N1CCC(O)CC1. The smallest absolute Gasteiger partial charge is 0.393 e. The summed E-state index contributed by atoms with van der Waals surface area (Å²) < 4.78 is 38.4. The van der Waals surface area contributed by atoms with E-state index in [2.05, 4.69) is 5.32 Å². The van der Waals surface area contributed by atoms with Crippen LogP contribution in [0.2, 0.25) is 0 Å². The number of piperidine rings is 1. The summed E-state index contributed by atoms with van der Waals surface area (Å²) in [6.45, 7) is 0.669. The fourth-order valence-corrected chi connectivity index (χ4v) is 2.10. The summed E-state index contributed by atoms with van der Waals surface area (Å²) in [4.78, 5) is 13.3. The van der Waals surface area contributed by atoms with E-state index in [4.69, 9.17) is 0 Å². The molecule has 1 aromatic rings. The molecule has 110 valence electrons. The molecule has 0 bridgehead atoms. The van der Waals surface area contributed by atoms with E-state index in [1.165, 1.54) is 23.1 Å². The molecule has 0 unspecified atom stereocenters. The number of para-hydroxylation sites is 1. The Hall–Kier alpha value is -1.76. The molecule has 0 aliphatic carbocycles. The summed E-state index contributed by atoms with van der Waals surface area (Å²) in [6, 6.07) is 4.28. The number of hydrogen-bond acceptors (Lipinski definition) is 2. The lowest BCUT2D eigenvalue weighted by Crippen LogP contribution is -2.42. The van der Waals surface area contributed by atoms with E-state index in [0.717, 1.165) is 6.07 Å². The van der Waals surface area contributed by atoms with Crippen LogP contribution in [-0.4, -0.2) is 35.2 Å². The number of rotatable bonds is 1. The summed E-state index contributed by atoms with van der Waals surface area (Å²) in [5.74, 6) is 0. The third-order valence-electron chi connectivity index (χ3n) is 3.23. The van der Waals surface area contributed by atoms with Crippen LogP contribution in [0.15, 0.2) is 24.3 Å².